The number of nitrogens with zero attached hydrogens (tertiary/aromatic N) is 3. The Balaban J connectivity index is 1.66. The van der Waals surface area contributed by atoms with Gasteiger partial charge in [0.15, 0.2) is 0 Å². The normalized spacial score (nSPS) is 13.9. The molecular weight excluding hydrogens is 308 g/mol. The fourth-order valence-corrected chi connectivity index (χ4v) is 4.53. The van der Waals surface area contributed by atoms with Crippen LogP contribution in [0.2, 0.25) is 0 Å². The number of H-pyrrole nitrogens is 2. The number of hydrogen-bond donors (Lipinski definition) is 3. The van der Waals surface area contributed by atoms with Crippen LogP contribution in [0.3, 0.4) is 0 Å². The summed E-state index contributed by atoms with van der Waals surface area (Å²) in [4.78, 5) is 25.9. The van der Waals surface area contributed by atoms with Gasteiger partial charge in [-0.05, 0) is 24.8 Å². The number of anilines is 1. The van der Waals surface area contributed by atoms with E-state index in [4.69, 9.17) is 5.73 Å². The smallest absolute Gasteiger partial charge is 0.259 e. The van der Waals surface area contributed by atoms with Crippen LogP contribution in [0.4, 0.5) is 5.95 Å². The number of hydrogen-bond acceptors (Lipinski definition) is 7. The second kappa shape index (κ2) is 4.85. The molecule has 0 saturated carbocycles. The zero-order valence-corrected chi connectivity index (χ0v) is 12.6. The predicted molar refractivity (Wildman–Crippen MR) is 82.6 cm³/mol. The zero-order chi connectivity index (χ0) is 14.4. The molecule has 1 aliphatic carbocycles. The molecule has 4 rings (SSSR count). The molecule has 21 heavy (non-hydrogen) atoms. The molecule has 0 saturated heterocycles. The van der Waals surface area contributed by atoms with Crippen LogP contribution < -0.4 is 11.3 Å². The molecule has 0 aliphatic heterocycles. The quantitative estimate of drug-likeness (QED) is 0.630. The number of rotatable bonds is 3. The van der Waals surface area contributed by atoms with Crippen LogP contribution in [-0.2, 0) is 18.6 Å². The summed E-state index contributed by atoms with van der Waals surface area (Å²) in [5.41, 5.74) is 6.63. The van der Waals surface area contributed by atoms with Crippen molar-refractivity contribution in [3.8, 4) is 0 Å². The third kappa shape index (κ3) is 2.22. The minimum absolute atomic E-state index is 0.0375. The number of nitrogens with one attached hydrogen (secondary N) is 2. The van der Waals surface area contributed by atoms with E-state index in [1.54, 1.807) is 11.3 Å². The zero-order valence-electron chi connectivity index (χ0n) is 11.0. The van der Waals surface area contributed by atoms with E-state index >= 15 is 0 Å². The Kier molecular flexibility index (Phi) is 2.96. The fraction of sp³-hybridized carbons (Fsp3) is 0.333. The third-order valence-corrected chi connectivity index (χ3v) is 5.49. The first-order valence-electron chi connectivity index (χ1n) is 6.55. The molecule has 0 fully saturated rings. The van der Waals surface area contributed by atoms with Gasteiger partial charge in [-0.1, -0.05) is 11.8 Å². The van der Waals surface area contributed by atoms with Gasteiger partial charge in [-0.25, -0.2) is 10.1 Å². The third-order valence-electron chi connectivity index (χ3n) is 3.44. The van der Waals surface area contributed by atoms with Crippen LogP contribution >= 0.6 is 23.1 Å². The van der Waals surface area contributed by atoms with E-state index in [0.29, 0.717) is 16.7 Å². The molecule has 3 heterocycles. The highest BCUT2D eigenvalue weighted by Gasteiger charge is 2.21. The largest absolute Gasteiger partial charge is 0.368 e. The lowest BCUT2D eigenvalue weighted by Gasteiger charge is -1.99. The first-order valence-corrected chi connectivity index (χ1v) is 8.35. The van der Waals surface area contributed by atoms with Crippen molar-refractivity contribution < 1.29 is 0 Å². The van der Waals surface area contributed by atoms with Crippen LogP contribution in [0, 0.1) is 0 Å². The SMILES string of the molecule is Nc1nc(SCc2nc3sc4c(c3c(=O)[nH]2)CCC4)n[nH]1. The topological polar surface area (TPSA) is 113 Å². The number of nitrogen functional groups attached to an aromatic ring is 1. The summed E-state index contributed by atoms with van der Waals surface area (Å²) in [5, 5.41) is 7.84. The molecule has 0 atom stereocenters. The lowest BCUT2D eigenvalue weighted by Crippen LogP contribution is -2.11. The van der Waals surface area contributed by atoms with Gasteiger partial charge in [-0.3, -0.25) is 4.79 Å². The molecule has 3 aromatic rings. The van der Waals surface area contributed by atoms with Gasteiger partial charge in [0.05, 0.1) is 11.1 Å². The molecular formula is C12H12N6OS2. The Morgan fingerprint density at radius 2 is 2.24 bits per heavy atom. The van der Waals surface area contributed by atoms with E-state index in [-0.39, 0.29) is 11.5 Å². The Labute approximate surface area is 127 Å². The number of nitrogens with two attached hydrogens (primary N) is 1. The molecule has 4 N–H and O–H groups in total. The van der Waals surface area contributed by atoms with Gasteiger partial charge in [-0.15, -0.1) is 16.4 Å². The van der Waals surface area contributed by atoms with Crippen molar-refractivity contribution in [1.29, 1.82) is 0 Å². The second-order valence-corrected chi connectivity index (χ2v) is 6.87. The molecule has 0 amide bonds. The molecule has 1 aliphatic rings. The van der Waals surface area contributed by atoms with E-state index < -0.39 is 0 Å². The average Bonchev–Trinajstić information content (AvgIpc) is 3.11. The number of thioether (sulfide) groups is 1. The van der Waals surface area contributed by atoms with Gasteiger partial charge in [0, 0.05) is 4.88 Å². The van der Waals surface area contributed by atoms with Crippen LogP contribution in [0.15, 0.2) is 9.95 Å². The maximum absolute atomic E-state index is 12.3. The lowest BCUT2D eigenvalue weighted by atomic mass is 10.2. The number of aromatic amines is 2. The molecule has 9 heteroatoms. The highest BCUT2D eigenvalue weighted by Crippen LogP contribution is 2.34. The summed E-state index contributed by atoms with van der Waals surface area (Å²) in [7, 11) is 0. The molecule has 7 nitrogen and oxygen atoms in total. The molecule has 0 spiro atoms. The first kappa shape index (κ1) is 12.8. The van der Waals surface area contributed by atoms with Crippen LogP contribution in [0.5, 0.6) is 0 Å². The monoisotopic (exact) mass is 320 g/mol. The van der Waals surface area contributed by atoms with Crippen molar-refractivity contribution in [3.05, 3.63) is 26.6 Å². The molecule has 0 bridgehead atoms. The molecule has 0 radical (unpaired) electrons. The maximum atomic E-state index is 12.3. The molecule has 0 unspecified atom stereocenters. The van der Waals surface area contributed by atoms with E-state index in [9.17, 15) is 4.79 Å². The fourth-order valence-electron chi connectivity index (χ4n) is 2.57. The molecule has 3 aromatic heterocycles. The van der Waals surface area contributed by atoms with Crippen molar-refractivity contribution in [2.24, 2.45) is 0 Å². The number of aromatic nitrogens is 5. The lowest BCUT2D eigenvalue weighted by molar-refractivity contribution is 0.915. The second-order valence-electron chi connectivity index (χ2n) is 4.84. The molecule has 0 aromatic carbocycles. The van der Waals surface area contributed by atoms with Crippen LogP contribution in [0.25, 0.3) is 10.2 Å². The number of aryl methyl sites for hydroxylation is 2. The van der Waals surface area contributed by atoms with E-state index in [2.05, 4.69) is 25.1 Å². The van der Waals surface area contributed by atoms with Crippen molar-refractivity contribution >= 4 is 39.3 Å². The van der Waals surface area contributed by atoms with Crippen molar-refractivity contribution in [3.63, 3.8) is 0 Å². The standard InChI is InChI=1S/C12H12N6OS2/c13-11-16-12(18-17-11)20-4-7-14-9(19)8-5-2-1-3-6(5)21-10(8)15-7/h1-4H2,(H,14,15,19)(H3,13,16,17,18). The Hall–Kier alpha value is -1.87. The summed E-state index contributed by atoms with van der Waals surface area (Å²) in [5.74, 6) is 1.43. The summed E-state index contributed by atoms with van der Waals surface area (Å²) in [6.07, 6.45) is 3.20. The van der Waals surface area contributed by atoms with Gasteiger partial charge in [0.25, 0.3) is 5.56 Å². The Bertz CT molecular complexity index is 880. The highest BCUT2D eigenvalue weighted by atomic mass is 32.2. The van der Waals surface area contributed by atoms with Crippen molar-refractivity contribution in [1.82, 2.24) is 25.1 Å². The summed E-state index contributed by atoms with van der Waals surface area (Å²) in [6, 6.07) is 0. The van der Waals surface area contributed by atoms with Crippen LogP contribution in [0.1, 0.15) is 22.7 Å². The van der Waals surface area contributed by atoms with Crippen molar-refractivity contribution in [2.75, 3.05) is 5.73 Å². The van der Waals surface area contributed by atoms with Gasteiger partial charge < -0.3 is 10.7 Å². The van der Waals surface area contributed by atoms with E-state index in [0.717, 1.165) is 29.5 Å². The number of thiophene rings is 1. The average molecular weight is 320 g/mol. The summed E-state index contributed by atoms with van der Waals surface area (Å²) >= 11 is 3.02. The minimum atomic E-state index is -0.0375. The first-order chi connectivity index (χ1) is 10.2. The summed E-state index contributed by atoms with van der Waals surface area (Å²) in [6.45, 7) is 0. The molecule has 108 valence electrons. The van der Waals surface area contributed by atoms with Gasteiger partial charge in [-0.2, -0.15) is 4.98 Å². The van der Waals surface area contributed by atoms with E-state index in [1.165, 1.54) is 22.2 Å². The summed E-state index contributed by atoms with van der Waals surface area (Å²) < 4.78 is 0. The van der Waals surface area contributed by atoms with Gasteiger partial charge >= 0.3 is 0 Å². The Morgan fingerprint density at radius 1 is 1.33 bits per heavy atom. The maximum Gasteiger partial charge on any atom is 0.259 e. The van der Waals surface area contributed by atoms with Crippen LogP contribution in [-0.4, -0.2) is 25.1 Å². The van der Waals surface area contributed by atoms with Crippen molar-refractivity contribution in [2.45, 2.75) is 30.2 Å². The predicted octanol–water partition coefficient (Wildman–Crippen LogP) is 1.47. The van der Waals surface area contributed by atoms with Gasteiger partial charge in [0.1, 0.15) is 10.7 Å². The highest BCUT2D eigenvalue weighted by molar-refractivity contribution is 7.98. The minimum Gasteiger partial charge on any atom is -0.368 e. The number of fused-ring (bicyclic) bond motifs is 3. The van der Waals surface area contributed by atoms with E-state index in [1.807, 2.05) is 0 Å². The van der Waals surface area contributed by atoms with Gasteiger partial charge in [0.2, 0.25) is 11.1 Å². The Morgan fingerprint density at radius 3 is 3.05 bits per heavy atom.